The lowest BCUT2D eigenvalue weighted by Gasteiger charge is -2.34. The third kappa shape index (κ3) is 3.46. The van der Waals surface area contributed by atoms with Gasteiger partial charge in [0.05, 0.1) is 0 Å². The zero-order chi connectivity index (χ0) is 20.7. The van der Waals surface area contributed by atoms with Crippen molar-refractivity contribution in [1.29, 1.82) is 0 Å². The lowest BCUT2D eigenvalue weighted by molar-refractivity contribution is 0.450. The van der Waals surface area contributed by atoms with E-state index in [1.807, 2.05) is 6.07 Å². The third-order valence-corrected chi connectivity index (χ3v) is 6.22. The summed E-state index contributed by atoms with van der Waals surface area (Å²) in [6, 6.07) is 21.3. The number of aromatic hydroxyl groups is 1. The fourth-order valence-corrected chi connectivity index (χ4v) is 4.53. The molecule has 0 aromatic heterocycles. The molecule has 3 rings (SSSR count). The summed E-state index contributed by atoms with van der Waals surface area (Å²) in [6.07, 6.45) is 0. The van der Waals surface area contributed by atoms with Gasteiger partial charge in [0.25, 0.3) is 0 Å². The fourth-order valence-electron chi connectivity index (χ4n) is 4.53. The summed E-state index contributed by atoms with van der Waals surface area (Å²) in [5, 5.41) is 10.9. The van der Waals surface area contributed by atoms with E-state index < -0.39 is 0 Å². The molecular weight excluding hydrogens is 340 g/mol. The van der Waals surface area contributed by atoms with Gasteiger partial charge in [-0.15, -0.1) is 0 Å². The predicted octanol–water partition coefficient (Wildman–Crippen LogP) is 6.97. The molecule has 1 nitrogen and oxygen atoms in total. The molecule has 0 saturated heterocycles. The molecule has 0 bridgehead atoms. The smallest absolute Gasteiger partial charge is 0.119 e. The molecule has 0 radical (unpaired) electrons. The Morgan fingerprint density at radius 3 is 1.64 bits per heavy atom. The molecule has 0 unspecified atom stereocenters. The van der Waals surface area contributed by atoms with Gasteiger partial charge in [-0.1, -0.05) is 93.4 Å². The van der Waals surface area contributed by atoms with Gasteiger partial charge in [0.1, 0.15) is 5.75 Å². The lowest BCUT2D eigenvalue weighted by atomic mass is 9.70. The lowest BCUT2D eigenvalue weighted by Crippen LogP contribution is -2.25. The zero-order valence-electron chi connectivity index (χ0n) is 18.2. The van der Waals surface area contributed by atoms with Crippen LogP contribution in [0.2, 0.25) is 0 Å². The Kier molecular flexibility index (Phi) is 5.14. The van der Waals surface area contributed by atoms with E-state index in [1.165, 1.54) is 27.8 Å². The Balaban J connectivity index is 2.20. The van der Waals surface area contributed by atoms with Crippen LogP contribution in [0.5, 0.6) is 5.75 Å². The van der Waals surface area contributed by atoms with E-state index in [2.05, 4.69) is 103 Å². The molecule has 146 valence electrons. The van der Waals surface area contributed by atoms with Crippen LogP contribution >= 0.6 is 0 Å². The number of aryl methyl sites for hydroxylation is 2. The summed E-state index contributed by atoms with van der Waals surface area (Å²) in [4.78, 5) is 0. The minimum absolute atomic E-state index is 0.152. The number of phenolic OH excluding ortho intramolecular Hbond substituents is 1. The SMILES string of the molecule is Cc1cccc(C(C)(C)c2ccc(O)c(C(C)(C)c3cccc(C)c3)c2C)c1. The number of phenols is 1. The van der Waals surface area contributed by atoms with E-state index in [9.17, 15) is 5.11 Å². The maximum atomic E-state index is 10.9. The monoisotopic (exact) mass is 372 g/mol. The predicted molar refractivity (Wildman–Crippen MR) is 119 cm³/mol. The highest BCUT2D eigenvalue weighted by Gasteiger charge is 2.33. The second-order valence-corrected chi connectivity index (χ2v) is 9.12. The normalized spacial score (nSPS) is 12.2. The van der Waals surface area contributed by atoms with Crippen molar-refractivity contribution in [3.63, 3.8) is 0 Å². The molecule has 1 heteroatoms. The van der Waals surface area contributed by atoms with Crippen LogP contribution in [0.4, 0.5) is 0 Å². The Labute approximate surface area is 170 Å². The summed E-state index contributed by atoms with van der Waals surface area (Å²) in [5.74, 6) is 0.368. The molecule has 0 fully saturated rings. The van der Waals surface area contributed by atoms with Gasteiger partial charge in [0, 0.05) is 16.4 Å². The van der Waals surface area contributed by atoms with Crippen LogP contribution in [0.3, 0.4) is 0 Å². The van der Waals surface area contributed by atoms with E-state index in [0.717, 1.165) is 11.1 Å². The van der Waals surface area contributed by atoms with Crippen LogP contribution in [-0.2, 0) is 10.8 Å². The summed E-state index contributed by atoms with van der Waals surface area (Å²) in [6.45, 7) is 15.3. The van der Waals surface area contributed by atoms with Crippen molar-refractivity contribution in [1.82, 2.24) is 0 Å². The number of rotatable bonds is 4. The van der Waals surface area contributed by atoms with Gasteiger partial charge in [-0.05, 0) is 49.1 Å². The average molecular weight is 373 g/mol. The highest BCUT2D eigenvalue weighted by molar-refractivity contribution is 5.56. The van der Waals surface area contributed by atoms with E-state index in [0.29, 0.717) is 5.75 Å². The van der Waals surface area contributed by atoms with Crippen molar-refractivity contribution in [2.45, 2.75) is 59.3 Å². The first-order valence-electron chi connectivity index (χ1n) is 10.0. The molecule has 28 heavy (non-hydrogen) atoms. The van der Waals surface area contributed by atoms with E-state index in [1.54, 1.807) is 0 Å². The first-order valence-corrected chi connectivity index (χ1v) is 10.0. The fraction of sp³-hybridized carbons (Fsp3) is 0.333. The Hall–Kier alpha value is -2.54. The largest absolute Gasteiger partial charge is 0.508 e. The number of hydrogen-bond acceptors (Lipinski definition) is 1. The molecular formula is C27H32O. The van der Waals surface area contributed by atoms with Crippen LogP contribution in [0, 0.1) is 20.8 Å². The summed E-state index contributed by atoms with van der Waals surface area (Å²) < 4.78 is 0. The van der Waals surface area contributed by atoms with Gasteiger partial charge >= 0.3 is 0 Å². The highest BCUT2D eigenvalue weighted by atomic mass is 16.3. The third-order valence-electron chi connectivity index (χ3n) is 6.22. The van der Waals surface area contributed by atoms with Crippen LogP contribution < -0.4 is 0 Å². The van der Waals surface area contributed by atoms with Gasteiger partial charge in [-0.3, -0.25) is 0 Å². The molecule has 0 amide bonds. The van der Waals surface area contributed by atoms with E-state index >= 15 is 0 Å². The Bertz CT molecular complexity index is 1010. The highest BCUT2D eigenvalue weighted by Crippen LogP contribution is 2.44. The molecule has 0 aliphatic rings. The Morgan fingerprint density at radius 1 is 0.643 bits per heavy atom. The first-order chi connectivity index (χ1) is 13.0. The van der Waals surface area contributed by atoms with Crippen LogP contribution in [0.1, 0.15) is 66.6 Å². The zero-order valence-corrected chi connectivity index (χ0v) is 18.2. The quantitative estimate of drug-likeness (QED) is 0.524. The molecule has 0 aliphatic heterocycles. The van der Waals surface area contributed by atoms with E-state index in [4.69, 9.17) is 0 Å². The van der Waals surface area contributed by atoms with Crippen LogP contribution in [-0.4, -0.2) is 5.11 Å². The van der Waals surface area contributed by atoms with Gasteiger partial charge in [0.15, 0.2) is 0 Å². The summed E-state index contributed by atoms with van der Waals surface area (Å²) in [5.41, 5.74) is 8.00. The molecule has 0 saturated carbocycles. The van der Waals surface area contributed by atoms with Crippen LogP contribution in [0.25, 0.3) is 0 Å². The number of hydrogen-bond donors (Lipinski definition) is 1. The molecule has 1 N–H and O–H groups in total. The van der Waals surface area contributed by atoms with Gasteiger partial charge in [0.2, 0.25) is 0 Å². The molecule has 3 aromatic rings. The summed E-state index contributed by atoms with van der Waals surface area (Å²) >= 11 is 0. The molecule has 0 atom stereocenters. The molecule has 0 aliphatic carbocycles. The topological polar surface area (TPSA) is 20.2 Å². The van der Waals surface area contributed by atoms with Crippen molar-refractivity contribution in [3.05, 3.63) is 99.6 Å². The minimum atomic E-state index is -0.293. The summed E-state index contributed by atoms with van der Waals surface area (Å²) in [7, 11) is 0. The minimum Gasteiger partial charge on any atom is -0.508 e. The number of benzene rings is 3. The molecule has 0 heterocycles. The van der Waals surface area contributed by atoms with Crippen molar-refractivity contribution in [3.8, 4) is 5.75 Å². The van der Waals surface area contributed by atoms with Gasteiger partial charge in [-0.2, -0.15) is 0 Å². The molecule has 3 aromatic carbocycles. The standard InChI is InChI=1S/C27H32O/c1-18-10-8-12-21(16-18)26(4,5)23-14-15-24(28)25(20(23)3)27(6,7)22-13-9-11-19(2)17-22/h8-17,28H,1-7H3. The van der Waals surface area contributed by atoms with E-state index in [-0.39, 0.29) is 10.8 Å². The van der Waals surface area contributed by atoms with Crippen molar-refractivity contribution in [2.24, 2.45) is 0 Å². The first kappa shape index (κ1) is 20.2. The van der Waals surface area contributed by atoms with Crippen molar-refractivity contribution >= 4 is 0 Å². The maximum Gasteiger partial charge on any atom is 0.119 e. The van der Waals surface area contributed by atoms with Crippen molar-refractivity contribution < 1.29 is 5.11 Å². The van der Waals surface area contributed by atoms with Crippen LogP contribution in [0.15, 0.2) is 60.7 Å². The Morgan fingerprint density at radius 2 is 1.14 bits per heavy atom. The van der Waals surface area contributed by atoms with Crippen molar-refractivity contribution in [2.75, 3.05) is 0 Å². The second kappa shape index (κ2) is 7.13. The second-order valence-electron chi connectivity index (χ2n) is 9.12. The van der Waals surface area contributed by atoms with Gasteiger partial charge < -0.3 is 5.11 Å². The maximum absolute atomic E-state index is 10.9. The molecule has 0 spiro atoms. The average Bonchev–Trinajstić information content (AvgIpc) is 2.61. The van der Waals surface area contributed by atoms with Gasteiger partial charge in [-0.25, -0.2) is 0 Å².